The van der Waals surface area contributed by atoms with Gasteiger partial charge in [0, 0.05) is 12.6 Å². The molecule has 0 radical (unpaired) electrons. The fourth-order valence-corrected chi connectivity index (χ4v) is 1.37. The summed E-state index contributed by atoms with van der Waals surface area (Å²) < 4.78 is 41.3. The minimum absolute atomic E-state index is 0.169. The maximum absolute atomic E-state index is 12.9. The second kappa shape index (κ2) is 6.98. The Morgan fingerprint density at radius 1 is 1.47 bits per heavy atom. The average Bonchev–Trinajstić information content (AvgIpc) is 2.27. The highest BCUT2D eigenvalue weighted by atomic mass is 19.3. The van der Waals surface area contributed by atoms with Crippen molar-refractivity contribution in [3.8, 4) is 5.75 Å². The van der Waals surface area contributed by atoms with Gasteiger partial charge in [-0.05, 0) is 25.5 Å². The lowest BCUT2D eigenvalue weighted by Crippen LogP contribution is -2.27. The first-order valence-electron chi connectivity index (χ1n) is 5.60. The van der Waals surface area contributed by atoms with Gasteiger partial charge in [-0.1, -0.05) is 0 Å². The first-order chi connectivity index (χ1) is 8.90. The van der Waals surface area contributed by atoms with Crippen molar-refractivity contribution in [2.45, 2.75) is 26.1 Å². The van der Waals surface area contributed by atoms with Crippen LogP contribution in [0.5, 0.6) is 5.75 Å². The van der Waals surface area contributed by atoms with E-state index in [4.69, 9.17) is 5.11 Å². The van der Waals surface area contributed by atoms with Crippen LogP contribution in [0.3, 0.4) is 0 Å². The van der Waals surface area contributed by atoms with E-state index in [9.17, 15) is 18.0 Å². The smallest absolute Gasteiger partial charge is 0.387 e. The number of rotatable bonds is 6. The van der Waals surface area contributed by atoms with Gasteiger partial charge < -0.3 is 15.2 Å². The average molecular weight is 277 g/mol. The lowest BCUT2D eigenvalue weighted by atomic mass is 10.1. The Hall–Kier alpha value is -1.76. The first-order valence-corrected chi connectivity index (χ1v) is 5.60. The predicted molar refractivity (Wildman–Crippen MR) is 61.7 cm³/mol. The molecule has 7 heteroatoms. The largest absolute Gasteiger partial charge is 0.434 e. The van der Waals surface area contributed by atoms with Crippen LogP contribution in [0.2, 0.25) is 0 Å². The summed E-state index contributed by atoms with van der Waals surface area (Å²) in [5.74, 6) is -1.97. The van der Waals surface area contributed by atoms with Gasteiger partial charge in [-0.2, -0.15) is 8.78 Å². The Balaban J connectivity index is 2.77. The molecule has 106 valence electrons. The summed E-state index contributed by atoms with van der Waals surface area (Å²) in [5.41, 5.74) is -0.188. The highest BCUT2D eigenvalue weighted by Gasteiger charge is 2.16. The molecule has 1 unspecified atom stereocenters. The van der Waals surface area contributed by atoms with Crippen molar-refractivity contribution in [2.24, 2.45) is 0 Å². The SMILES string of the molecule is CC(O)CCNC(=O)c1ccc(F)cc1OC(F)F. The summed E-state index contributed by atoms with van der Waals surface area (Å²) in [6, 6.07) is 2.75. The third kappa shape index (κ3) is 5.17. The monoisotopic (exact) mass is 277 g/mol. The molecular formula is C12H14F3NO3. The topological polar surface area (TPSA) is 58.6 Å². The highest BCUT2D eigenvalue weighted by molar-refractivity contribution is 5.96. The van der Waals surface area contributed by atoms with Crippen LogP contribution in [-0.4, -0.2) is 30.3 Å². The third-order valence-electron chi connectivity index (χ3n) is 2.25. The fourth-order valence-electron chi connectivity index (χ4n) is 1.37. The molecule has 19 heavy (non-hydrogen) atoms. The van der Waals surface area contributed by atoms with Crippen LogP contribution in [0.4, 0.5) is 13.2 Å². The van der Waals surface area contributed by atoms with Crippen LogP contribution in [0, 0.1) is 5.82 Å². The van der Waals surface area contributed by atoms with Gasteiger partial charge >= 0.3 is 6.61 Å². The molecule has 0 spiro atoms. The van der Waals surface area contributed by atoms with E-state index < -0.39 is 30.2 Å². The summed E-state index contributed by atoms with van der Waals surface area (Å²) in [7, 11) is 0. The number of ether oxygens (including phenoxy) is 1. The van der Waals surface area contributed by atoms with Crippen molar-refractivity contribution in [1.82, 2.24) is 5.32 Å². The first kappa shape index (κ1) is 15.3. The van der Waals surface area contributed by atoms with Crippen molar-refractivity contribution in [3.05, 3.63) is 29.6 Å². The zero-order valence-electron chi connectivity index (χ0n) is 10.2. The quantitative estimate of drug-likeness (QED) is 0.835. The molecule has 0 aliphatic carbocycles. The molecule has 0 bridgehead atoms. The Labute approximate surface area is 108 Å². The highest BCUT2D eigenvalue weighted by Crippen LogP contribution is 2.22. The van der Waals surface area contributed by atoms with E-state index in [0.717, 1.165) is 18.2 Å². The van der Waals surface area contributed by atoms with Gasteiger partial charge in [0.25, 0.3) is 5.91 Å². The Bertz CT molecular complexity index is 438. The molecule has 0 fully saturated rings. The number of hydrogen-bond donors (Lipinski definition) is 2. The molecular weight excluding hydrogens is 263 g/mol. The standard InChI is InChI=1S/C12H14F3NO3/c1-7(17)4-5-16-11(18)9-3-2-8(13)6-10(9)19-12(14)15/h2-3,6-7,12,17H,4-5H2,1H3,(H,16,18). The van der Waals surface area contributed by atoms with Gasteiger partial charge in [-0.15, -0.1) is 0 Å². The minimum Gasteiger partial charge on any atom is -0.434 e. The van der Waals surface area contributed by atoms with E-state index >= 15 is 0 Å². The number of aliphatic hydroxyl groups is 1. The molecule has 1 amide bonds. The number of amides is 1. The number of hydrogen-bond acceptors (Lipinski definition) is 3. The number of aliphatic hydroxyl groups excluding tert-OH is 1. The Morgan fingerprint density at radius 2 is 2.16 bits per heavy atom. The molecule has 0 aromatic heterocycles. The molecule has 0 saturated carbocycles. The normalized spacial score (nSPS) is 12.3. The van der Waals surface area contributed by atoms with Gasteiger partial charge in [-0.3, -0.25) is 4.79 Å². The Kier molecular flexibility index (Phi) is 5.62. The van der Waals surface area contributed by atoms with E-state index in [0.29, 0.717) is 6.42 Å². The molecule has 4 nitrogen and oxygen atoms in total. The van der Waals surface area contributed by atoms with Crippen molar-refractivity contribution < 1.29 is 27.8 Å². The van der Waals surface area contributed by atoms with Crippen LogP contribution in [0.1, 0.15) is 23.7 Å². The van der Waals surface area contributed by atoms with E-state index in [1.54, 1.807) is 6.92 Å². The van der Waals surface area contributed by atoms with E-state index in [2.05, 4.69) is 10.1 Å². The minimum atomic E-state index is -3.15. The summed E-state index contributed by atoms with van der Waals surface area (Å²) in [6.07, 6.45) is -0.275. The van der Waals surface area contributed by atoms with Crippen LogP contribution in [-0.2, 0) is 0 Å². The number of carbonyl (C=O) groups is 1. The molecule has 1 rings (SSSR count). The maximum Gasteiger partial charge on any atom is 0.387 e. The molecule has 0 aliphatic rings. The number of halogens is 3. The van der Waals surface area contributed by atoms with Gasteiger partial charge in [0.05, 0.1) is 11.7 Å². The molecule has 0 aliphatic heterocycles. The summed E-state index contributed by atoms with van der Waals surface area (Å²) >= 11 is 0. The third-order valence-corrected chi connectivity index (χ3v) is 2.25. The zero-order chi connectivity index (χ0) is 14.4. The van der Waals surface area contributed by atoms with Gasteiger partial charge in [0.15, 0.2) is 0 Å². The second-order valence-corrected chi connectivity index (χ2v) is 3.91. The van der Waals surface area contributed by atoms with Gasteiger partial charge in [0.1, 0.15) is 11.6 Å². The van der Waals surface area contributed by atoms with Crippen LogP contribution in [0.15, 0.2) is 18.2 Å². The van der Waals surface area contributed by atoms with Crippen molar-refractivity contribution in [3.63, 3.8) is 0 Å². The van der Waals surface area contributed by atoms with Crippen molar-refractivity contribution in [2.75, 3.05) is 6.54 Å². The lowest BCUT2D eigenvalue weighted by Gasteiger charge is -2.11. The van der Waals surface area contributed by atoms with Crippen LogP contribution in [0.25, 0.3) is 0 Å². The summed E-state index contributed by atoms with van der Waals surface area (Å²) in [4.78, 5) is 11.7. The maximum atomic E-state index is 12.9. The lowest BCUT2D eigenvalue weighted by molar-refractivity contribution is -0.0503. The number of benzene rings is 1. The van der Waals surface area contributed by atoms with E-state index in [1.807, 2.05) is 0 Å². The number of alkyl halides is 2. The number of nitrogens with one attached hydrogen (secondary N) is 1. The molecule has 0 heterocycles. The molecule has 1 aromatic carbocycles. The number of carbonyl (C=O) groups excluding carboxylic acids is 1. The van der Waals surface area contributed by atoms with Gasteiger partial charge in [0.2, 0.25) is 0 Å². The van der Waals surface area contributed by atoms with E-state index in [1.165, 1.54) is 0 Å². The van der Waals surface area contributed by atoms with E-state index in [-0.39, 0.29) is 12.1 Å². The van der Waals surface area contributed by atoms with Gasteiger partial charge in [-0.25, -0.2) is 4.39 Å². The summed E-state index contributed by atoms with van der Waals surface area (Å²) in [6.45, 7) is -1.43. The fraction of sp³-hybridized carbons (Fsp3) is 0.417. The predicted octanol–water partition coefficient (Wildman–Crippen LogP) is 1.93. The Morgan fingerprint density at radius 3 is 2.74 bits per heavy atom. The second-order valence-electron chi connectivity index (χ2n) is 3.91. The zero-order valence-corrected chi connectivity index (χ0v) is 10.2. The molecule has 0 saturated heterocycles. The summed E-state index contributed by atoms with van der Waals surface area (Å²) in [5, 5.41) is 11.4. The molecule has 1 atom stereocenters. The van der Waals surface area contributed by atoms with Crippen LogP contribution >= 0.6 is 0 Å². The van der Waals surface area contributed by atoms with Crippen molar-refractivity contribution >= 4 is 5.91 Å². The molecule has 2 N–H and O–H groups in total. The molecule has 1 aromatic rings. The van der Waals surface area contributed by atoms with Crippen molar-refractivity contribution in [1.29, 1.82) is 0 Å². The van der Waals surface area contributed by atoms with Crippen LogP contribution < -0.4 is 10.1 Å².